The first-order valence-electron chi connectivity index (χ1n) is 4.73. The van der Waals surface area contributed by atoms with E-state index in [1.54, 1.807) is 11.3 Å². The predicted molar refractivity (Wildman–Crippen MR) is 74.2 cm³/mol. The normalized spacial score (nSPS) is 12.7. The molecule has 0 aliphatic carbocycles. The Morgan fingerprint density at radius 3 is 2.67 bits per heavy atom. The van der Waals surface area contributed by atoms with E-state index < -0.39 is 0 Å². The Balaban J connectivity index is 2.36. The van der Waals surface area contributed by atoms with Crippen LogP contribution in [0.2, 0.25) is 0 Å². The Morgan fingerprint density at radius 2 is 2.07 bits per heavy atom. The zero-order valence-electron chi connectivity index (χ0n) is 8.41. The molecule has 1 aromatic carbocycles. The summed E-state index contributed by atoms with van der Waals surface area (Å²) in [5, 5.41) is 2.14. The highest BCUT2D eigenvalue weighted by atomic mass is 127. The number of benzene rings is 1. The molecule has 0 fully saturated rings. The molecule has 0 spiro atoms. The van der Waals surface area contributed by atoms with Crippen LogP contribution in [-0.4, -0.2) is 0 Å². The lowest BCUT2D eigenvalue weighted by molar-refractivity contribution is 0.870. The lowest BCUT2D eigenvalue weighted by atomic mass is 10.0. The highest BCUT2D eigenvalue weighted by Crippen LogP contribution is 2.27. The fourth-order valence-corrected chi connectivity index (χ4v) is 3.00. The number of hydrogen-bond acceptors (Lipinski definition) is 2. The number of halogens is 1. The molecule has 1 aromatic heterocycles. The lowest BCUT2D eigenvalue weighted by Crippen LogP contribution is -2.12. The van der Waals surface area contributed by atoms with Gasteiger partial charge in [-0.05, 0) is 58.2 Å². The Hall–Kier alpha value is -0.390. The Bertz CT molecular complexity index is 464. The summed E-state index contributed by atoms with van der Waals surface area (Å²) >= 11 is 4.08. The third kappa shape index (κ3) is 2.41. The zero-order chi connectivity index (χ0) is 10.8. The third-order valence-corrected chi connectivity index (χ3v) is 4.21. The summed E-state index contributed by atoms with van der Waals surface area (Å²) in [6.45, 7) is 2.11. The van der Waals surface area contributed by atoms with Gasteiger partial charge in [0.15, 0.2) is 0 Å². The van der Waals surface area contributed by atoms with E-state index in [1.165, 1.54) is 19.6 Å². The average molecular weight is 329 g/mol. The van der Waals surface area contributed by atoms with Crippen LogP contribution < -0.4 is 5.73 Å². The van der Waals surface area contributed by atoms with Crippen molar-refractivity contribution < 1.29 is 0 Å². The van der Waals surface area contributed by atoms with Crippen molar-refractivity contribution in [3.05, 3.63) is 55.3 Å². The minimum atomic E-state index is 0.00282. The number of nitrogens with two attached hydrogens (primary N) is 1. The van der Waals surface area contributed by atoms with E-state index in [-0.39, 0.29) is 6.04 Å². The van der Waals surface area contributed by atoms with Crippen LogP contribution in [-0.2, 0) is 0 Å². The van der Waals surface area contributed by atoms with Crippen molar-refractivity contribution in [2.75, 3.05) is 0 Å². The maximum absolute atomic E-state index is 6.23. The van der Waals surface area contributed by atoms with E-state index in [0.29, 0.717) is 0 Å². The van der Waals surface area contributed by atoms with Crippen LogP contribution in [0, 0.1) is 10.5 Å². The van der Waals surface area contributed by atoms with Crippen molar-refractivity contribution in [2.24, 2.45) is 5.73 Å². The molecule has 0 amide bonds. The lowest BCUT2D eigenvalue weighted by Gasteiger charge is -2.12. The minimum absolute atomic E-state index is 0.00282. The average Bonchev–Trinajstić information content (AvgIpc) is 2.65. The number of thiophene rings is 1. The predicted octanol–water partition coefficient (Wildman–Crippen LogP) is 3.71. The van der Waals surface area contributed by atoms with Crippen molar-refractivity contribution in [2.45, 2.75) is 13.0 Å². The molecular weight excluding hydrogens is 317 g/mol. The van der Waals surface area contributed by atoms with Gasteiger partial charge < -0.3 is 5.73 Å². The molecule has 0 saturated heterocycles. The van der Waals surface area contributed by atoms with Gasteiger partial charge in [-0.1, -0.05) is 18.2 Å². The molecule has 2 N–H and O–H groups in total. The second kappa shape index (κ2) is 4.63. The second-order valence-electron chi connectivity index (χ2n) is 3.49. The summed E-state index contributed by atoms with van der Waals surface area (Å²) in [7, 11) is 0. The van der Waals surface area contributed by atoms with Gasteiger partial charge in [-0.2, -0.15) is 0 Å². The Kier molecular flexibility index (Phi) is 3.43. The molecule has 0 radical (unpaired) electrons. The first-order chi connectivity index (χ1) is 7.18. The molecule has 1 nitrogen and oxygen atoms in total. The summed E-state index contributed by atoms with van der Waals surface area (Å²) in [5.74, 6) is 0. The molecule has 2 rings (SSSR count). The van der Waals surface area contributed by atoms with Crippen molar-refractivity contribution >= 4 is 33.9 Å². The quantitative estimate of drug-likeness (QED) is 0.835. The molecule has 1 heterocycles. The molecule has 0 aliphatic heterocycles. The molecule has 0 bridgehead atoms. The summed E-state index contributed by atoms with van der Waals surface area (Å²) in [6, 6.07) is 10.4. The fraction of sp³-hybridized carbons (Fsp3) is 0.167. The van der Waals surface area contributed by atoms with Crippen LogP contribution in [0.5, 0.6) is 0 Å². The van der Waals surface area contributed by atoms with Gasteiger partial charge in [-0.3, -0.25) is 0 Å². The maximum atomic E-state index is 6.23. The molecule has 1 unspecified atom stereocenters. The number of rotatable bonds is 2. The third-order valence-electron chi connectivity index (χ3n) is 2.35. The van der Waals surface area contributed by atoms with Crippen LogP contribution in [0.1, 0.15) is 22.0 Å². The highest BCUT2D eigenvalue weighted by molar-refractivity contribution is 14.1. The van der Waals surface area contributed by atoms with Gasteiger partial charge in [0.25, 0.3) is 0 Å². The standard InChI is InChI=1S/C12H12INS/c1-8-6-9(7-15-8)12(14)10-4-2-3-5-11(10)13/h2-7,12H,14H2,1H3. The van der Waals surface area contributed by atoms with Crippen molar-refractivity contribution in [1.82, 2.24) is 0 Å². The number of hydrogen-bond donors (Lipinski definition) is 1. The minimum Gasteiger partial charge on any atom is -0.320 e. The molecule has 15 heavy (non-hydrogen) atoms. The summed E-state index contributed by atoms with van der Waals surface area (Å²) in [4.78, 5) is 1.31. The Morgan fingerprint density at radius 1 is 1.33 bits per heavy atom. The van der Waals surface area contributed by atoms with Crippen molar-refractivity contribution in [3.8, 4) is 0 Å². The second-order valence-corrected chi connectivity index (χ2v) is 5.77. The van der Waals surface area contributed by atoms with Crippen LogP contribution in [0.15, 0.2) is 35.7 Å². The summed E-state index contributed by atoms with van der Waals surface area (Å²) < 4.78 is 1.23. The van der Waals surface area contributed by atoms with Gasteiger partial charge in [0.2, 0.25) is 0 Å². The van der Waals surface area contributed by atoms with E-state index in [2.05, 4.69) is 53.1 Å². The van der Waals surface area contributed by atoms with Crippen LogP contribution in [0.4, 0.5) is 0 Å². The first kappa shape index (κ1) is 11.1. The van der Waals surface area contributed by atoms with Gasteiger partial charge in [0.05, 0.1) is 6.04 Å². The SMILES string of the molecule is Cc1cc(C(N)c2ccccc2I)cs1. The molecule has 3 heteroatoms. The molecule has 78 valence electrons. The Labute approximate surface area is 107 Å². The first-order valence-corrected chi connectivity index (χ1v) is 6.69. The van der Waals surface area contributed by atoms with E-state index in [0.717, 1.165) is 0 Å². The highest BCUT2D eigenvalue weighted by Gasteiger charge is 2.12. The van der Waals surface area contributed by atoms with Gasteiger partial charge in [-0.25, -0.2) is 0 Å². The van der Waals surface area contributed by atoms with E-state index >= 15 is 0 Å². The monoisotopic (exact) mass is 329 g/mol. The van der Waals surface area contributed by atoms with Crippen LogP contribution in [0.25, 0.3) is 0 Å². The zero-order valence-corrected chi connectivity index (χ0v) is 11.4. The smallest absolute Gasteiger partial charge is 0.0570 e. The van der Waals surface area contributed by atoms with Crippen molar-refractivity contribution in [1.29, 1.82) is 0 Å². The van der Waals surface area contributed by atoms with Gasteiger partial charge in [-0.15, -0.1) is 11.3 Å². The van der Waals surface area contributed by atoms with Gasteiger partial charge >= 0.3 is 0 Å². The van der Waals surface area contributed by atoms with E-state index in [1.807, 2.05) is 12.1 Å². The molecule has 2 aromatic rings. The summed E-state index contributed by atoms with van der Waals surface area (Å²) in [5.41, 5.74) is 8.65. The van der Waals surface area contributed by atoms with E-state index in [4.69, 9.17) is 5.73 Å². The van der Waals surface area contributed by atoms with Crippen molar-refractivity contribution in [3.63, 3.8) is 0 Å². The number of aryl methyl sites for hydroxylation is 1. The summed E-state index contributed by atoms with van der Waals surface area (Å²) in [6.07, 6.45) is 0. The molecule has 1 atom stereocenters. The largest absolute Gasteiger partial charge is 0.320 e. The molecule has 0 aliphatic rings. The van der Waals surface area contributed by atoms with E-state index in [9.17, 15) is 0 Å². The van der Waals surface area contributed by atoms with Crippen LogP contribution in [0.3, 0.4) is 0 Å². The maximum Gasteiger partial charge on any atom is 0.0570 e. The topological polar surface area (TPSA) is 26.0 Å². The molecule has 0 saturated carbocycles. The fourth-order valence-electron chi connectivity index (χ4n) is 1.53. The van der Waals surface area contributed by atoms with Crippen LogP contribution >= 0.6 is 33.9 Å². The van der Waals surface area contributed by atoms with Gasteiger partial charge in [0, 0.05) is 8.45 Å². The van der Waals surface area contributed by atoms with Gasteiger partial charge in [0.1, 0.15) is 0 Å². The molecular formula is C12H12INS.